The van der Waals surface area contributed by atoms with Gasteiger partial charge in [0.05, 0.1) is 0 Å². The third-order valence-electron chi connectivity index (χ3n) is 4.10. The predicted octanol–water partition coefficient (Wildman–Crippen LogP) is 2.44. The van der Waals surface area contributed by atoms with Gasteiger partial charge in [-0.05, 0) is 56.4 Å². The smallest absolute Gasteiger partial charge is 0.303 e. The van der Waals surface area contributed by atoms with Crippen molar-refractivity contribution in [2.45, 2.75) is 45.1 Å². The van der Waals surface area contributed by atoms with Crippen molar-refractivity contribution in [1.82, 2.24) is 4.90 Å². The zero-order valence-electron chi connectivity index (χ0n) is 12.3. The van der Waals surface area contributed by atoms with Crippen molar-refractivity contribution in [3.8, 4) is 0 Å². The Bertz CT molecular complexity index is 542. The van der Waals surface area contributed by atoms with Crippen molar-refractivity contribution in [3.63, 3.8) is 0 Å². The molecule has 5 nitrogen and oxygen atoms in total. The Morgan fingerprint density at radius 1 is 1.38 bits per heavy atom. The Kier molecular flexibility index (Phi) is 4.83. The largest absolute Gasteiger partial charge is 0.481 e. The van der Waals surface area contributed by atoms with Gasteiger partial charge in [-0.15, -0.1) is 0 Å². The summed E-state index contributed by atoms with van der Waals surface area (Å²) in [6.45, 7) is 2.58. The van der Waals surface area contributed by atoms with E-state index >= 15 is 0 Å². The molecule has 0 radical (unpaired) electrons. The van der Waals surface area contributed by atoms with Crippen LogP contribution in [0.5, 0.6) is 0 Å². The summed E-state index contributed by atoms with van der Waals surface area (Å²) >= 11 is 0. The topological polar surface area (TPSA) is 83.6 Å². The molecule has 1 saturated heterocycles. The lowest BCUT2D eigenvalue weighted by atomic mass is 9.96. The van der Waals surface area contributed by atoms with E-state index in [0.29, 0.717) is 24.2 Å². The number of aliphatic carboxylic acids is 1. The van der Waals surface area contributed by atoms with Crippen LogP contribution in [-0.4, -0.2) is 34.5 Å². The highest BCUT2D eigenvalue weighted by molar-refractivity contribution is 5.95. The van der Waals surface area contributed by atoms with Gasteiger partial charge < -0.3 is 15.7 Å². The van der Waals surface area contributed by atoms with Gasteiger partial charge in [0.15, 0.2) is 0 Å². The quantitative estimate of drug-likeness (QED) is 0.834. The van der Waals surface area contributed by atoms with Crippen LogP contribution in [0.15, 0.2) is 18.2 Å². The Balaban J connectivity index is 2.13. The van der Waals surface area contributed by atoms with Gasteiger partial charge in [0, 0.05) is 30.3 Å². The van der Waals surface area contributed by atoms with Crippen LogP contribution in [0.4, 0.5) is 5.69 Å². The third-order valence-corrected chi connectivity index (χ3v) is 4.10. The summed E-state index contributed by atoms with van der Waals surface area (Å²) in [5, 5.41) is 8.84. The van der Waals surface area contributed by atoms with Gasteiger partial charge in [-0.3, -0.25) is 9.59 Å². The first-order chi connectivity index (χ1) is 9.99. The highest BCUT2D eigenvalue weighted by Crippen LogP contribution is 2.24. The summed E-state index contributed by atoms with van der Waals surface area (Å²) in [6.07, 6.45) is 3.54. The number of nitrogens with zero attached hydrogens (tertiary/aromatic N) is 1. The van der Waals surface area contributed by atoms with Crippen LogP contribution < -0.4 is 5.73 Å². The van der Waals surface area contributed by atoms with E-state index in [1.807, 2.05) is 11.8 Å². The number of benzene rings is 1. The molecule has 3 N–H and O–H groups in total. The molecule has 2 rings (SSSR count). The maximum absolute atomic E-state index is 12.7. The van der Waals surface area contributed by atoms with Gasteiger partial charge in [0.1, 0.15) is 0 Å². The molecule has 0 aliphatic carbocycles. The number of nitrogens with two attached hydrogens (primary N) is 1. The summed E-state index contributed by atoms with van der Waals surface area (Å²) in [4.78, 5) is 25.2. The second-order valence-electron chi connectivity index (χ2n) is 5.65. The molecule has 1 heterocycles. The van der Waals surface area contributed by atoms with Gasteiger partial charge in [-0.25, -0.2) is 0 Å². The number of carbonyl (C=O) groups excluding carboxylic acids is 1. The normalized spacial score (nSPS) is 18.5. The number of nitrogen functional groups attached to an aromatic ring is 1. The predicted molar refractivity (Wildman–Crippen MR) is 81.1 cm³/mol. The Labute approximate surface area is 124 Å². The van der Waals surface area contributed by atoms with Crippen molar-refractivity contribution in [3.05, 3.63) is 29.3 Å². The first-order valence-corrected chi connectivity index (χ1v) is 7.38. The van der Waals surface area contributed by atoms with Crippen LogP contribution in [0.25, 0.3) is 0 Å². The number of amides is 1. The lowest BCUT2D eigenvalue weighted by Gasteiger charge is -2.35. The van der Waals surface area contributed by atoms with Crippen LogP contribution >= 0.6 is 0 Å². The molecular weight excluding hydrogens is 268 g/mol. The fourth-order valence-corrected chi connectivity index (χ4v) is 2.83. The molecular formula is C16H22N2O3. The fraction of sp³-hybridized carbons (Fsp3) is 0.500. The molecule has 1 aromatic rings. The Morgan fingerprint density at radius 3 is 2.81 bits per heavy atom. The van der Waals surface area contributed by atoms with Crippen molar-refractivity contribution in [2.24, 2.45) is 0 Å². The number of carboxylic acids is 1. The zero-order chi connectivity index (χ0) is 15.4. The molecule has 5 heteroatoms. The van der Waals surface area contributed by atoms with Crippen LogP contribution in [0, 0.1) is 6.92 Å². The van der Waals surface area contributed by atoms with Crippen LogP contribution in [0.1, 0.15) is 48.0 Å². The first-order valence-electron chi connectivity index (χ1n) is 7.38. The summed E-state index contributed by atoms with van der Waals surface area (Å²) in [6, 6.07) is 5.33. The van der Waals surface area contributed by atoms with Gasteiger partial charge in [-0.1, -0.05) is 0 Å². The molecule has 1 fully saturated rings. The molecule has 1 unspecified atom stereocenters. The highest BCUT2D eigenvalue weighted by Gasteiger charge is 2.27. The summed E-state index contributed by atoms with van der Waals surface area (Å²) in [5.74, 6) is -0.829. The zero-order valence-corrected chi connectivity index (χ0v) is 12.3. The minimum absolute atomic E-state index is 0.0202. The first kappa shape index (κ1) is 15.4. The average molecular weight is 290 g/mol. The molecule has 0 bridgehead atoms. The number of hydrogen-bond acceptors (Lipinski definition) is 3. The van der Waals surface area contributed by atoms with Crippen LogP contribution in [0.2, 0.25) is 0 Å². The lowest BCUT2D eigenvalue weighted by molar-refractivity contribution is -0.137. The SMILES string of the molecule is Cc1cc(C(=O)N2CCCCC2CCC(=O)O)ccc1N. The molecule has 1 amide bonds. The van der Waals surface area contributed by atoms with Crippen LogP contribution in [-0.2, 0) is 4.79 Å². The maximum atomic E-state index is 12.7. The highest BCUT2D eigenvalue weighted by atomic mass is 16.4. The van der Waals surface area contributed by atoms with Crippen molar-refractivity contribution in [1.29, 1.82) is 0 Å². The summed E-state index contributed by atoms with van der Waals surface area (Å²) in [7, 11) is 0. The number of likely N-dealkylation sites (tertiary alicyclic amines) is 1. The standard InChI is InChI=1S/C16H22N2O3/c1-11-10-12(5-7-14(11)17)16(21)18-9-3-2-4-13(18)6-8-15(19)20/h5,7,10,13H,2-4,6,8-9,17H2,1H3,(H,19,20). The Morgan fingerprint density at radius 2 is 2.14 bits per heavy atom. The van der Waals surface area contributed by atoms with E-state index in [4.69, 9.17) is 10.8 Å². The van der Waals surface area contributed by atoms with Crippen molar-refractivity contribution >= 4 is 17.6 Å². The molecule has 0 saturated carbocycles. The van der Waals surface area contributed by atoms with E-state index in [-0.39, 0.29) is 18.4 Å². The van der Waals surface area contributed by atoms with E-state index in [2.05, 4.69) is 0 Å². The number of carbonyl (C=O) groups is 2. The van der Waals surface area contributed by atoms with Crippen LogP contribution in [0.3, 0.4) is 0 Å². The van der Waals surface area contributed by atoms with Gasteiger partial charge in [0.25, 0.3) is 5.91 Å². The minimum Gasteiger partial charge on any atom is -0.481 e. The van der Waals surface area contributed by atoms with Gasteiger partial charge in [0.2, 0.25) is 0 Å². The van der Waals surface area contributed by atoms with Gasteiger partial charge >= 0.3 is 5.97 Å². The van der Waals surface area contributed by atoms with E-state index in [0.717, 1.165) is 24.8 Å². The average Bonchev–Trinajstić information content (AvgIpc) is 2.47. The second kappa shape index (κ2) is 6.61. The number of aryl methyl sites for hydroxylation is 1. The monoisotopic (exact) mass is 290 g/mol. The third kappa shape index (κ3) is 3.74. The number of hydrogen-bond donors (Lipinski definition) is 2. The number of rotatable bonds is 4. The second-order valence-corrected chi connectivity index (χ2v) is 5.65. The maximum Gasteiger partial charge on any atom is 0.303 e. The van der Waals surface area contributed by atoms with E-state index in [1.165, 1.54) is 0 Å². The molecule has 0 spiro atoms. The van der Waals surface area contributed by atoms with E-state index < -0.39 is 5.97 Å². The molecule has 21 heavy (non-hydrogen) atoms. The van der Waals surface area contributed by atoms with Gasteiger partial charge in [-0.2, -0.15) is 0 Å². The minimum atomic E-state index is -0.809. The summed E-state index contributed by atoms with van der Waals surface area (Å²) in [5.41, 5.74) is 7.98. The Hall–Kier alpha value is -2.04. The molecule has 114 valence electrons. The lowest BCUT2D eigenvalue weighted by Crippen LogP contribution is -2.44. The van der Waals surface area contributed by atoms with Crippen molar-refractivity contribution in [2.75, 3.05) is 12.3 Å². The van der Waals surface area contributed by atoms with Crippen molar-refractivity contribution < 1.29 is 14.7 Å². The summed E-state index contributed by atoms with van der Waals surface area (Å²) < 4.78 is 0. The molecule has 1 aliphatic heterocycles. The fourth-order valence-electron chi connectivity index (χ4n) is 2.83. The number of carboxylic acid groups (broad SMARTS) is 1. The molecule has 1 aromatic carbocycles. The van der Waals surface area contributed by atoms with E-state index in [9.17, 15) is 9.59 Å². The van der Waals surface area contributed by atoms with E-state index in [1.54, 1.807) is 18.2 Å². The molecule has 1 atom stereocenters. The number of piperidine rings is 1. The number of anilines is 1. The molecule has 1 aliphatic rings. The molecule has 0 aromatic heterocycles.